The number of halogens is 1. The number of nitrogens with zero attached hydrogens (tertiary/aromatic N) is 1. The molecule has 0 radical (unpaired) electrons. The van der Waals surface area contributed by atoms with E-state index >= 15 is 0 Å². The van der Waals surface area contributed by atoms with Gasteiger partial charge in [-0.05, 0) is 25.6 Å². The molecule has 0 saturated carbocycles. The van der Waals surface area contributed by atoms with Gasteiger partial charge < -0.3 is 15.3 Å². The molecule has 0 aliphatic carbocycles. The van der Waals surface area contributed by atoms with Gasteiger partial charge in [0.15, 0.2) is 0 Å². The minimum atomic E-state index is -0.789. The van der Waals surface area contributed by atoms with Gasteiger partial charge in [0.25, 0.3) is 0 Å². The maximum Gasteiger partial charge on any atom is 0.129 e. The maximum absolute atomic E-state index is 13.4. The monoisotopic (exact) mass is 268 g/mol. The normalized spacial score (nSPS) is 12.9. The molecule has 0 saturated heterocycles. The van der Waals surface area contributed by atoms with Crippen molar-refractivity contribution in [2.45, 2.75) is 26.4 Å². The fraction of sp³-hybridized carbons (Fsp3) is 0.600. The van der Waals surface area contributed by atoms with E-state index in [1.165, 1.54) is 6.07 Å². The second kappa shape index (κ2) is 9.02. The molecule has 1 rings (SSSR count). The van der Waals surface area contributed by atoms with Crippen molar-refractivity contribution in [3.63, 3.8) is 0 Å². The highest BCUT2D eigenvalue weighted by atomic mass is 19.1. The number of likely N-dealkylation sites (N-methyl/N-ethyl adjacent to an activating group) is 1. The van der Waals surface area contributed by atoms with Crippen LogP contribution in [-0.4, -0.2) is 42.7 Å². The summed E-state index contributed by atoms with van der Waals surface area (Å²) in [6, 6.07) is 6.36. The molecule has 108 valence electrons. The van der Waals surface area contributed by atoms with Crippen molar-refractivity contribution < 1.29 is 9.50 Å². The molecule has 0 fully saturated rings. The Labute approximate surface area is 115 Å². The van der Waals surface area contributed by atoms with Crippen molar-refractivity contribution in [2.24, 2.45) is 0 Å². The number of rotatable bonds is 9. The summed E-state index contributed by atoms with van der Waals surface area (Å²) in [5, 5.41) is 13.1. The van der Waals surface area contributed by atoms with Gasteiger partial charge in [-0.2, -0.15) is 0 Å². The first-order chi connectivity index (χ1) is 9.19. The average Bonchev–Trinajstić information content (AvgIpc) is 2.42. The lowest BCUT2D eigenvalue weighted by molar-refractivity contribution is 0.167. The van der Waals surface area contributed by atoms with E-state index in [4.69, 9.17) is 0 Å². The number of aliphatic hydroxyl groups is 1. The van der Waals surface area contributed by atoms with E-state index in [-0.39, 0.29) is 5.82 Å². The second-order valence-corrected chi connectivity index (χ2v) is 4.68. The Bertz CT molecular complexity index is 360. The first-order valence-electron chi connectivity index (χ1n) is 7.04. The van der Waals surface area contributed by atoms with Crippen molar-refractivity contribution >= 4 is 0 Å². The number of hydrogen-bond acceptors (Lipinski definition) is 3. The molecule has 4 heteroatoms. The zero-order valence-electron chi connectivity index (χ0n) is 11.9. The van der Waals surface area contributed by atoms with E-state index < -0.39 is 6.10 Å². The van der Waals surface area contributed by atoms with E-state index in [0.717, 1.165) is 32.6 Å². The summed E-state index contributed by atoms with van der Waals surface area (Å²) in [4.78, 5) is 2.35. The summed E-state index contributed by atoms with van der Waals surface area (Å²) in [5.74, 6) is -0.349. The number of benzene rings is 1. The molecule has 0 spiro atoms. The van der Waals surface area contributed by atoms with Crippen LogP contribution in [0.3, 0.4) is 0 Å². The minimum absolute atomic E-state index is 0.349. The van der Waals surface area contributed by atoms with Crippen LogP contribution in [0.25, 0.3) is 0 Å². The topological polar surface area (TPSA) is 35.5 Å². The first kappa shape index (κ1) is 16.1. The molecule has 19 heavy (non-hydrogen) atoms. The van der Waals surface area contributed by atoms with Crippen LogP contribution >= 0.6 is 0 Å². The first-order valence-corrected chi connectivity index (χ1v) is 7.04. The predicted molar refractivity (Wildman–Crippen MR) is 76.6 cm³/mol. The molecular formula is C15H25FN2O. The van der Waals surface area contributed by atoms with Crippen LogP contribution in [0, 0.1) is 5.82 Å². The molecule has 1 aromatic carbocycles. The third-order valence-corrected chi connectivity index (χ3v) is 3.19. The quantitative estimate of drug-likeness (QED) is 0.674. The number of hydrogen-bond donors (Lipinski definition) is 2. The van der Waals surface area contributed by atoms with E-state index in [2.05, 4.69) is 24.1 Å². The highest BCUT2D eigenvalue weighted by Gasteiger charge is 2.11. The molecule has 0 bridgehead atoms. The van der Waals surface area contributed by atoms with Gasteiger partial charge in [-0.1, -0.05) is 32.0 Å². The van der Waals surface area contributed by atoms with E-state index in [1.54, 1.807) is 18.2 Å². The van der Waals surface area contributed by atoms with Crippen molar-refractivity contribution in [1.29, 1.82) is 0 Å². The van der Waals surface area contributed by atoms with Crippen molar-refractivity contribution in [3.8, 4) is 0 Å². The Morgan fingerprint density at radius 1 is 1.26 bits per heavy atom. The highest BCUT2D eigenvalue weighted by Crippen LogP contribution is 2.15. The Kier molecular flexibility index (Phi) is 7.63. The molecule has 2 N–H and O–H groups in total. The summed E-state index contributed by atoms with van der Waals surface area (Å²) in [6.07, 6.45) is 0.355. The maximum atomic E-state index is 13.4. The van der Waals surface area contributed by atoms with Gasteiger partial charge in [-0.25, -0.2) is 4.39 Å². The van der Waals surface area contributed by atoms with Crippen LogP contribution in [0.5, 0.6) is 0 Å². The Hall–Kier alpha value is -0.970. The third-order valence-electron chi connectivity index (χ3n) is 3.19. The summed E-state index contributed by atoms with van der Waals surface area (Å²) in [7, 11) is 0. The fourth-order valence-corrected chi connectivity index (χ4v) is 2.08. The van der Waals surface area contributed by atoms with Crippen molar-refractivity contribution in [1.82, 2.24) is 10.2 Å². The average molecular weight is 268 g/mol. The smallest absolute Gasteiger partial charge is 0.129 e. The largest absolute Gasteiger partial charge is 0.387 e. The van der Waals surface area contributed by atoms with Crippen molar-refractivity contribution in [2.75, 3.05) is 32.7 Å². The summed E-state index contributed by atoms with van der Waals surface area (Å²) >= 11 is 0. The van der Waals surface area contributed by atoms with Gasteiger partial charge in [-0.15, -0.1) is 0 Å². The van der Waals surface area contributed by atoms with E-state index in [9.17, 15) is 9.50 Å². The summed E-state index contributed by atoms with van der Waals surface area (Å²) < 4.78 is 13.4. The predicted octanol–water partition coefficient (Wildman–Crippen LogP) is 2.18. The molecule has 0 aliphatic heterocycles. The Morgan fingerprint density at radius 3 is 2.63 bits per heavy atom. The zero-order valence-corrected chi connectivity index (χ0v) is 11.9. The molecular weight excluding hydrogens is 243 g/mol. The fourth-order valence-electron chi connectivity index (χ4n) is 2.08. The number of aliphatic hydroxyl groups excluding tert-OH is 1. The summed E-state index contributed by atoms with van der Waals surface area (Å²) in [6.45, 7) is 8.57. The Morgan fingerprint density at radius 2 is 2.00 bits per heavy atom. The third kappa shape index (κ3) is 5.68. The van der Waals surface area contributed by atoms with Crippen LogP contribution in [0.15, 0.2) is 24.3 Å². The molecule has 0 amide bonds. The van der Waals surface area contributed by atoms with Crippen LogP contribution in [-0.2, 0) is 0 Å². The lowest BCUT2D eigenvalue weighted by atomic mass is 10.1. The zero-order chi connectivity index (χ0) is 14.1. The van der Waals surface area contributed by atoms with Crippen LogP contribution in [0.4, 0.5) is 4.39 Å². The van der Waals surface area contributed by atoms with Crippen LogP contribution < -0.4 is 5.32 Å². The van der Waals surface area contributed by atoms with Gasteiger partial charge >= 0.3 is 0 Å². The molecule has 1 unspecified atom stereocenters. The highest BCUT2D eigenvalue weighted by molar-refractivity contribution is 5.19. The molecule has 1 atom stereocenters. The lowest BCUT2D eigenvalue weighted by Gasteiger charge is -2.20. The summed E-state index contributed by atoms with van der Waals surface area (Å²) in [5.41, 5.74) is 0.357. The van der Waals surface area contributed by atoms with E-state index in [0.29, 0.717) is 12.1 Å². The second-order valence-electron chi connectivity index (χ2n) is 4.68. The Balaban J connectivity index is 2.27. The minimum Gasteiger partial charge on any atom is -0.387 e. The van der Waals surface area contributed by atoms with Gasteiger partial charge in [0, 0.05) is 25.2 Å². The van der Waals surface area contributed by atoms with E-state index in [1.807, 2.05) is 0 Å². The molecule has 1 aromatic rings. The van der Waals surface area contributed by atoms with Gasteiger partial charge in [0.05, 0.1) is 6.10 Å². The molecule has 0 aliphatic rings. The van der Waals surface area contributed by atoms with Crippen molar-refractivity contribution in [3.05, 3.63) is 35.6 Å². The van der Waals surface area contributed by atoms with Crippen LogP contribution in [0.2, 0.25) is 0 Å². The van der Waals surface area contributed by atoms with Gasteiger partial charge in [0.1, 0.15) is 5.82 Å². The molecule has 0 aromatic heterocycles. The SMILES string of the molecule is CCCN(CC)CCNCC(O)c1ccccc1F. The van der Waals surface area contributed by atoms with Gasteiger partial charge in [0.2, 0.25) is 0 Å². The standard InChI is InChI=1S/C15H25FN2O/c1-3-10-18(4-2)11-9-17-12-15(19)13-7-5-6-8-14(13)16/h5-8,15,17,19H,3-4,9-12H2,1-2H3. The van der Waals surface area contributed by atoms with Crippen LogP contribution in [0.1, 0.15) is 31.9 Å². The number of nitrogens with one attached hydrogen (secondary N) is 1. The lowest BCUT2D eigenvalue weighted by Crippen LogP contribution is -2.34. The molecule has 0 heterocycles. The molecule has 3 nitrogen and oxygen atoms in total. The van der Waals surface area contributed by atoms with Gasteiger partial charge in [-0.3, -0.25) is 0 Å².